The van der Waals surface area contributed by atoms with Crippen molar-refractivity contribution in [2.45, 2.75) is 6.61 Å². The number of nitrogens with one attached hydrogen (secondary N) is 1. The summed E-state index contributed by atoms with van der Waals surface area (Å²) in [6.45, 7) is 0.525. The summed E-state index contributed by atoms with van der Waals surface area (Å²) in [5.74, 6) is 0.529. The van der Waals surface area contributed by atoms with Gasteiger partial charge in [-0.25, -0.2) is 5.43 Å². The Labute approximate surface area is 160 Å². The summed E-state index contributed by atoms with van der Waals surface area (Å²) in [7, 11) is 0. The molecule has 26 heavy (non-hydrogen) atoms. The summed E-state index contributed by atoms with van der Waals surface area (Å²) in [4.78, 5) is 12.0. The topological polar surface area (TPSA) is 50.7 Å². The first-order chi connectivity index (χ1) is 12.7. The van der Waals surface area contributed by atoms with E-state index < -0.39 is 0 Å². The van der Waals surface area contributed by atoms with Gasteiger partial charge in [-0.3, -0.25) is 4.79 Å². The Bertz CT molecular complexity index is 876. The van der Waals surface area contributed by atoms with Crippen LogP contribution < -0.4 is 10.2 Å². The third-order valence-corrected chi connectivity index (χ3v) is 4.14. The average Bonchev–Trinajstić information content (AvgIpc) is 2.68. The molecular weight excluding hydrogens is 392 g/mol. The van der Waals surface area contributed by atoms with E-state index in [1.165, 1.54) is 0 Å². The van der Waals surface area contributed by atoms with Crippen molar-refractivity contribution in [3.8, 4) is 5.75 Å². The van der Waals surface area contributed by atoms with E-state index in [0.717, 1.165) is 21.3 Å². The largest absolute Gasteiger partial charge is 0.489 e. The van der Waals surface area contributed by atoms with Gasteiger partial charge in [0.2, 0.25) is 0 Å². The summed E-state index contributed by atoms with van der Waals surface area (Å²) in [6.07, 6.45) is 1.59. The number of carbonyl (C=O) groups excluding carboxylic acids is 1. The van der Waals surface area contributed by atoms with E-state index in [4.69, 9.17) is 4.74 Å². The second-order valence-corrected chi connectivity index (χ2v) is 6.47. The van der Waals surface area contributed by atoms with Crippen LogP contribution >= 0.6 is 15.9 Å². The van der Waals surface area contributed by atoms with Crippen LogP contribution in [-0.4, -0.2) is 12.1 Å². The Balaban J connectivity index is 1.51. The maximum atomic E-state index is 12.0. The van der Waals surface area contributed by atoms with Crippen LogP contribution in [0.1, 0.15) is 21.5 Å². The lowest BCUT2D eigenvalue weighted by Crippen LogP contribution is -2.17. The van der Waals surface area contributed by atoms with Crippen molar-refractivity contribution >= 4 is 28.1 Å². The Morgan fingerprint density at radius 2 is 1.65 bits per heavy atom. The molecule has 0 fully saturated rings. The van der Waals surface area contributed by atoms with Gasteiger partial charge in [0.05, 0.1) is 6.21 Å². The average molecular weight is 409 g/mol. The SMILES string of the molecule is O=C(N/N=C\c1ccc(OCc2ccccc2)cc1)c1ccc(Br)cc1. The molecule has 0 spiro atoms. The molecule has 4 nitrogen and oxygen atoms in total. The van der Waals surface area contributed by atoms with Gasteiger partial charge in [-0.2, -0.15) is 5.10 Å². The summed E-state index contributed by atoms with van der Waals surface area (Å²) in [6, 6.07) is 24.6. The molecule has 3 aromatic rings. The number of rotatable bonds is 6. The van der Waals surface area contributed by atoms with Crippen LogP contribution in [-0.2, 0) is 6.61 Å². The molecule has 1 N–H and O–H groups in total. The molecule has 0 atom stereocenters. The quantitative estimate of drug-likeness (QED) is 0.470. The van der Waals surface area contributed by atoms with Crippen molar-refractivity contribution in [1.82, 2.24) is 5.43 Å². The minimum absolute atomic E-state index is 0.253. The third-order valence-electron chi connectivity index (χ3n) is 3.61. The highest BCUT2D eigenvalue weighted by atomic mass is 79.9. The molecule has 3 rings (SSSR count). The molecule has 0 aliphatic rings. The molecular formula is C21H17BrN2O2. The van der Waals surface area contributed by atoms with Crippen molar-refractivity contribution < 1.29 is 9.53 Å². The second-order valence-electron chi connectivity index (χ2n) is 5.55. The van der Waals surface area contributed by atoms with Crippen LogP contribution in [0.15, 0.2) is 88.4 Å². The summed E-state index contributed by atoms with van der Waals surface area (Å²) in [5.41, 5.74) is 5.05. The smallest absolute Gasteiger partial charge is 0.271 e. The van der Waals surface area contributed by atoms with Crippen molar-refractivity contribution in [3.63, 3.8) is 0 Å². The number of ether oxygens (including phenoxy) is 1. The van der Waals surface area contributed by atoms with Gasteiger partial charge in [-0.15, -0.1) is 0 Å². The predicted molar refractivity (Wildman–Crippen MR) is 106 cm³/mol. The Kier molecular flexibility index (Phi) is 6.17. The van der Waals surface area contributed by atoms with Crippen LogP contribution in [0.25, 0.3) is 0 Å². The highest BCUT2D eigenvalue weighted by Crippen LogP contribution is 2.13. The number of amides is 1. The highest BCUT2D eigenvalue weighted by Gasteiger charge is 2.03. The van der Waals surface area contributed by atoms with Gasteiger partial charge in [-0.1, -0.05) is 46.3 Å². The molecule has 0 unspecified atom stereocenters. The van der Waals surface area contributed by atoms with E-state index in [1.807, 2.05) is 66.7 Å². The minimum Gasteiger partial charge on any atom is -0.489 e. The lowest BCUT2D eigenvalue weighted by Gasteiger charge is -2.06. The zero-order valence-corrected chi connectivity index (χ0v) is 15.5. The van der Waals surface area contributed by atoms with Gasteiger partial charge in [0.15, 0.2) is 0 Å². The summed E-state index contributed by atoms with van der Waals surface area (Å²) >= 11 is 3.34. The van der Waals surface area contributed by atoms with E-state index in [9.17, 15) is 4.79 Å². The monoisotopic (exact) mass is 408 g/mol. The van der Waals surface area contributed by atoms with Crippen molar-refractivity contribution in [1.29, 1.82) is 0 Å². The van der Waals surface area contributed by atoms with E-state index >= 15 is 0 Å². The molecule has 0 aliphatic heterocycles. The molecule has 130 valence electrons. The van der Waals surface area contributed by atoms with Gasteiger partial charge < -0.3 is 4.74 Å². The molecule has 5 heteroatoms. The molecule has 0 saturated carbocycles. The summed E-state index contributed by atoms with van der Waals surface area (Å²) < 4.78 is 6.66. The Hall–Kier alpha value is -2.92. The lowest BCUT2D eigenvalue weighted by atomic mass is 10.2. The molecule has 0 saturated heterocycles. The molecule has 0 bridgehead atoms. The van der Waals surface area contributed by atoms with Crippen molar-refractivity contribution in [2.75, 3.05) is 0 Å². The van der Waals surface area contributed by atoms with Crippen LogP contribution in [0.5, 0.6) is 5.75 Å². The maximum Gasteiger partial charge on any atom is 0.271 e. The summed E-state index contributed by atoms with van der Waals surface area (Å²) in [5, 5.41) is 3.99. The molecule has 3 aromatic carbocycles. The van der Waals surface area contributed by atoms with E-state index in [-0.39, 0.29) is 5.91 Å². The molecule has 0 heterocycles. The fourth-order valence-electron chi connectivity index (χ4n) is 2.22. The normalized spacial score (nSPS) is 10.7. The molecule has 0 aliphatic carbocycles. The number of hydrogen-bond donors (Lipinski definition) is 1. The van der Waals surface area contributed by atoms with Crippen LogP contribution in [0.2, 0.25) is 0 Å². The van der Waals surface area contributed by atoms with Gasteiger partial charge in [-0.05, 0) is 59.7 Å². The fourth-order valence-corrected chi connectivity index (χ4v) is 2.49. The fraction of sp³-hybridized carbons (Fsp3) is 0.0476. The zero-order chi connectivity index (χ0) is 18.2. The number of benzene rings is 3. The van der Waals surface area contributed by atoms with Gasteiger partial charge in [0, 0.05) is 10.0 Å². The van der Waals surface area contributed by atoms with Gasteiger partial charge >= 0.3 is 0 Å². The van der Waals surface area contributed by atoms with Gasteiger partial charge in [0.25, 0.3) is 5.91 Å². The van der Waals surface area contributed by atoms with E-state index in [2.05, 4.69) is 26.5 Å². The predicted octanol–water partition coefficient (Wildman–Crippen LogP) is 4.79. The minimum atomic E-state index is -0.253. The zero-order valence-electron chi connectivity index (χ0n) is 13.9. The van der Waals surface area contributed by atoms with Gasteiger partial charge in [0.1, 0.15) is 12.4 Å². The van der Waals surface area contributed by atoms with Crippen LogP contribution in [0.3, 0.4) is 0 Å². The van der Waals surface area contributed by atoms with Crippen molar-refractivity contribution in [2.24, 2.45) is 5.10 Å². The second kappa shape index (κ2) is 8.97. The first-order valence-corrected chi connectivity index (χ1v) is 8.86. The maximum absolute atomic E-state index is 12.0. The first kappa shape index (κ1) is 17.9. The Morgan fingerprint density at radius 1 is 0.962 bits per heavy atom. The van der Waals surface area contributed by atoms with Crippen LogP contribution in [0.4, 0.5) is 0 Å². The Morgan fingerprint density at radius 3 is 2.35 bits per heavy atom. The van der Waals surface area contributed by atoms with E-state index in [1.54, 1.807) is 18.3 Å². The first-order valence-electron chi connectivity index (χ1n) is 8.06. The van der Waals surface area contributed by atoms with Crippen molar-refractivity contribution in [3.05, 3.63) is 100 Å². The highest BCUT2D eigenvalue weighted by molar-refractivity contribution is 9.10. The third kappa shape index (κ3) is 5.29. The number of carbonyl (C=O) groups is 1. The molecule has 1 amide bonds. The lowest BCUT2D eigenvalue weighted by molar-refractivity contribution is 0.0955. The van der Waals surface area contributed by atoms with Crippen LogP contribution in [0, 0.1) is 0 Å². The molecule has 0 radical (unpaired) electrons. The standard InChI is InChI=1S/C21H17BrN2O2/c22-19-10-8-18(9-11-19)21(25)24-23-14-16-6-12-20(13-7-16)26-15-17-4-2-1-3-5-17/h1-14H,15H2,(H,24,25)/b23-14-. The molecule has 0 aromatic heterocycles. The van der Waals surface area contributed by atoms with E-state index in [0.29, 0.717) is 12.2 Å². The number of hydrazone groups is 1. The number of hydrogen-bond acceptors (Lipinski definition) is 3. The number of nitrogens with zero attached hydrogens (tertiary/aromatic N) is 1. The number of halogens is 1.